The van der Waals surface area contributed by atoms with Crippen molar-refractivity contribution in [3.05, 3.63) is 94.6 Å². The lowest BCUT2D eigenvalue weighted by Gasteiger charge is -2.43. The number of pyridine rings is 2. The van der Waals surface area contributed by atoms with Crippen molar-refractivity contribution >= 4 is 17.2 Å². The van der Waals surface area contributed by atoms with E-state index in [2.05, 4.69) is 129 Å². The molecule has 0 aliphatic carbocycles. The SMILES string of the molecule is CC(C)(C)c1cc(CP(C(C)(C)C)C(C)(C)C)c(C(P)(c2ccccn2)c2ccccn2)cc1C(C)(C)C. The van der Waals surface area contributed by atoms with Crippen LogP contribution in [0.2, 0.25) is 0 Å². The van der Waals surface area contributed by atoms with E-state index in [0.717, 1.165) is 17.5 Å². The molecule has 0 saturated heterocycles. The fourth-order valence-electron chi connectivity index (χ4n) is 5.63. The molecule has 0 bridgehead atoms. The average Bonchev–Trinajstić information content (AvgIpc) is 2.80. The number of rotatable bonds is 5. The molecule has 1 unspecified atom stereocenters. The summed E-state index contributed by atoms with van der Waals surface area (Å²) in [6.45, 7) is 28.6. The Kier molecular flexibility index (Phi) is 8.74. The molecule has 0 spiro atoms. The van der Waals surface area contributed by atoms with Crippen LogP contribution in [0, 0.1) is 0 Å². The highest BCUT2D eigenvalue weighted by Gasteiger charge is 2.41. The third-order valence-electron chi connectivity index (χ3n) is 7.37. The number of nitrogens with zero attached hydrogens (tertiary/aromatic N) is 2. The average molecular weight is 549 g/mol. The van der Waals surface area contributed by atoms with Gasteiger partial charge in [-0.3, -0.25) is 9.97 Å². The second-order valence-electron chi connectivity index (χ2n) is 14.7. The molecule has 0 saturated carbocycles. The maximum absolute atomic E-state index is 4.93. The summed E-state index contributed by atoms with van der Waals surface area (Å²) in [5.41, 5.74) is 7.60. The molecule has 0 aliphatic heterocycles. The van der Waals surface area contributed by atoms with Crippen molar-refractivity contribution in [2.24, 2.45) is 0 Å². The Labute approximate surface area is 236 Å². The smallest absolute Gasteiger partial charge is 0.0935 e. The van der Waals surface area contributed by atoms with Gasteiger partial charge < -0.3 is 0 Å². The van der Waals surface area contributed by atoms with Crippen molar-refractivity contribution in [1.82, 2.24) is 9.97 Å². The minimum Gasteiger partial charge on any atom is -0.260 e. The summed E-state index contributed by atoms with van der Waals surface area (Å²) in [5.74, 6) is 0. The Balaban J connectivity index is 2.50. The first-order valence-electron chi connectivity index (χ1n) is 13.9. The lowest BCUT2D eigenvalue weighted by Crippen LogP contribution is -2.31. The van der Waals surface area contributed by atoms with E-state index in [1.54, 1.807) is 0 Å². The van der Waals surface area contributed by atoms with Crippen molar-refractivity contribution in [2.45, 2.75) is 116 Å². The fraction of sp³-hybridized carbons (Fsp3) is 0.529. The number of benzene rings is 1. The Morgan fingerprint density at radius 1 is 0.605 bits per heavy atom. The molecule has 206 valence electrons. The van der Waals surface area contributed by atoms with Gasteiger partial charge in [-0.1, -0.05) is 115 Å². The molecule has 2 nitrogen and oxygen atoms in total. The second-order valence-corrected chi connectivity index (χ2v) is 19.4. The lowest BCUT2D eigenvalue weighted by atomic mass is 9.72. The van der Waals surface area contributed by atoms with Gasteiger partial charge in [-0.05, 0) is 73.8 Å². The first-order chi connectivity index (χ1) is 17.3. The first-order valence-corrected chi connectivity index (χ1v) is 16.0. The highest BCUT2D eigenvalue weighted by molar-refractivity contribution is 7.60. The molecule has 0 N–H and O–H groups in total. The van der Waals surface area contributed by atoms with Crippen molar-refractivity contribution < 1.29 is 0 Å². The van der Waals surface area contributed by atoms with Gasteiger partial charge in [-0.15, -0.1) is 9.24 Å². The minimum atomic E-state index is -0.564. The van der Waals surface area contributed by atoms with Gasteiger partial charge >= 0.3 is 0 Å². The van der Waals surface area contributed by atoms with Crippen molar-refractivity contribution in [1.29, 1.82) is 0 Å². The maximum Gasteiger partial charge on any atom is 0.0935 e. The molecular formula is C34H50N2P2. The number of hydrogen-bond donors (Lipinski definition) is 0. The van der Waals surface area contributed by atoms with Crippen LogP contribution in [0.5, 0.6) is 0 Å². The van der Waals surface area contributed by atoms with E-state index in [1.165, 1.54) is 22.3 Å². The third kappa shape index (κ3) is 6.57. The van der Waals surface area contributed by atoms with E-state index >= 15 is 0 Å². The highest BCUT2D eigenvalue weighted by Crippen LogP contribution is 2.62. The Morgan fingerprint density at radius 2 is 1.03 bits per heavy atom. The van der Waals surface area contributed by atoms with Gasteiger partial charge in [0.2, 0.25) is 0 Å². The van der Waals surface area contributed by atoms with Gasteiger partial charge in [-0.25, -0.2) is 0 Å². The predicted molar refractivity (Wildman–Crippen MR) is 172 cm³/mol. The molecule has 1 atom stereocenters. The summed E-state index contributed by atoms with van der Waals surface area (Å²) in [5, 5.41) is -0.130. The molecule has 2 heterocycles. The molecule has 3 rings (SSSR count). The van der Waals surface area contributed by atoms with Crippen LogP contribution in [-0.4, -0.2) is 20.3 Å². The molecule has 38 heavy (non-hydrogen) atoms. The van der Waals surface area contributed by atoms with E-state index in [4.69, 9.17) is 9.97 Å². The molecule has 2 aromatic heterocycles. The van der Waals surface area contributed by atoms with E-state index in [0.29, 0.717) is 0 Å². The van der Waals surface area contributed by atoms with Crippen LogP contribution in [0.1, 0.15) is 117 Å². The molecule has 1 aromatic carbocycles. The quantitative estimate of drug-likeness (QED) is 0.297. The van der Waals surface area contributed by atoms with Crippen LogP contribution in [0.3, 0.4) is 0 Å². The largest absolute Gasteiger partial charge is 0.260 e. The van der Waals surface area contributed by atoms with Crippen LogP contribution in [-0.2, 0) is 22.1 Å². The first kappa shape index (κ1) is 30.9. The van der Waals surface area contributed by atoms with Crippen LogP contribution in [0.25, 0.3) is 0 Å². The molecular weight excluding hydrogens is 498 g/mol. The second kappa shape index (κ2) is 10.7. The number of hydrogen-bond acceptors (Lipinski definition) is 2. The number of aromatic nitrogens is 2. The third-order valence-corrected chi connectivity index (χ3v) is 12.2. The van der Waals surface area contributed by atoms with Crippen molar-refractivity contribution in [2.75, 3.05) is 0 Å². The summed E-state index contributed by atoms with van der Waals surface area (Å²) in [6.07, 6.45) is 4.87. The van der Waals surface area contributed by atoms with Crippen molar-refractivity contribution in [3.8, 4) is 0 Å². The standard InChI is InChI=1S/C34H50N2P2/c1-30(2,3)26-21-24(23-38(32(7,8)9)33(10,11)12)25(22-27(26)31(4,5)6)34(37,28-17-13-15-19-35-28)29-18-14-16-20-36-29/h13-22H,23,37H2,1-12H3. The fourth-order valence-corrected chi connectivity index (χ4v) is 9.81. The molecule has 0 aliphatic rings. The highest BCUT2D eigenvalue weighted by atomic mass is 31.1. The van der Waals surface area contributed by atoms with Gasteiger partial charge in [0, 0.05) is 12.4 Å². The summed E-state index contributed by atoms with van der Waals surface area (Å²) in [4.78, 5) is 9.86. The van der Waals surface area contributed by atoms with Gasteiger partial charge in [0.15, 0.2) is 0 Å². The van der Waals surface area contributed by atoms with Crippen LogP contribution in [0.4, 0.5) is 0 Å². The lowest BCUT2D eigenvalue weighted by molar-refractivity contribution is 0.528. The predicted octanol–water partition coefficient (Wildman–Crippen LogP) is 9.82. The van der Waals surface area contributed by atoms with Gasteiger partial charge in [0.1, 0.15) is 0 Å². The summed E-state index contributed by atoms with van der Waals surface area (Å²) < 4.78 is 0. The zero-order chi connectivity index (χ0) is 28.7. The molecule has 4 heteroatoms. The molecule has 3 aromatic rings. The van der Waals surface area contributed by atoms with E-state index in [9.17, 15) is 0 Å². The van der Waals surface area contributed by atoms with Crippen LogP contribution < -0.4 is 0 Å². The topological polar surface area (TPSA) is 25.8 Å². The summed E-state index contributed by atoms with van der Waals surface area (Å²) >= 11 is 0. The molecule has 0 radical (unpaired) electrons. The molecule has 0 amide bonds. The Hall–Kier alpha value is -1.62. The van der Waals surface area contributed by atoms with Crippen LogP contribution >= 0.6 is 17.2 Å². The van der Waals surface area contributed by atoms with Gasteiger partial charge in [0.25, 0.3) is 0 Å². The zero-order valence-corrected chi connectivity index (χ0v) is 27.9. The normalized spacial score (nSPS) is 13.7. The maximum atomic E-state index is 4.93. The van der Waals surface area contributed by atoms with E-state index < -0.39 is 5.16 Å². The van der Waals surface area contributed by atoms with E-state index in [1.807, 2.05) is 24.5 Å². The van der Waals surface area contributed by atoms with Crippen LogP contribution in [0.15, 0.2) is 60.9 Å². The van der Waals surface area contributed by atoms with E-state index in [-0.39, 0.29) is 29.1 Å². The zero-order valence-electron chi connectivity index (χ0n) is 25.9. The summed E-state index contributed by atoms with van der Waals surface area (Å²) in [7, 11) is 2.85. The minimum absolute atomic E-state index is 0.00546. The van der Waals surface area contributed by atoms with Gasteiger partial charge in [0.05, 0.1) is 16.5 Å². The summed E-state index contributed by atoms with van der Waals surface area (Å²) in [6, 6.07) is 17.5. The Bertz CT molecular complexity index is 1170. The molecule has 0 fully saturated rings. The Morgan fingerprint density at radius 3 is 1.37 bits per heavy atom. The van der Waals surface area contributed by atoms with Crippen molar-refractivity contribution in [3.63, 3.8) is 0 Å². The van der Waals surface area contributed by atoms with Gasteiger partial charge in [-0.2, -0.15) is 0 Å². The monoisotopic (exact) mass is 548 g/mol.